The molecule has 0 atom stereocenters. The molecule has 2 rings (SSSR count). The van der Waals surface area contributed by atoms with E-state index in [-0.39, 0.29) is 11.5 Å². The Kier molecular flexibility index (Phi) is 8.02. The molecule has 0 radical (unpaired) electrons. The van der Waals surface area contributed by atoms with Crippen LogP contribution < -0.4 is 20.1 Å². The summed E-state index contributed by atoms with van der Waals surface area (Å²) in [7, 11) is 1.54. The monoisotopic (exact) mass is 400 g/mol. The zero-order valence-electron chi connectivity index (χ0n) is 16.6. The predicted octanol–water partition coefficient (Wildman–Crippen LogP) is 2.64. The molecule has 0 saturated carbocycles. The average Bonchev–Trinajstić information content (AvgIpc) is 2.73. The van der Waals surface area contributed by atoms with Gasteiger partial charge in [-0.2, -0.15) is 0 Å². The van der Waals surface area contributed by atoms with Crippen LogP contribution in [0.1, 0.15) is 34.6 Å². The van der Waals surface area contributed by atoms with Crippen molar-refractivity contribution in [1.82, 2.24) is 5.32 Å². The highest BCUT2D eigenvalue weighted by Gasteiger charge is 2.14. The summed E-state index contributed by atoms with van der Waals surface area (Å²) in [6, 6.07) is 11.0. The molecule has 0 unspecified atom stereocenters. The Morgan fingerprint density at radius 2 is 1.48 bits per heavy atom. The molecule has 0 aliphatic rings. The van der Waals surface area contributed by atoms with Crippen LogP contribution in [0.2, 0.25) is 0 Å². The Morgan fingerprint density at radius 3 is 2.10 bits per heavy atom. The summed E-state index contributed by atoms with van der Waals surface area (Å²) in [5.74, 6) is -0.409. The van der Waals surface area contributed by atoms with Gasteiger partial charge in [-0.05, 0) is 56.3 Å². The lowest BCUT2D eigenvalue weighted by atomic mass is 10.2. The maximum Gasteiger partial charge on any atom is 0.338 e. The molecule has 154 valence electrons. The molecule has 8 heteroatoms. The summed E-state index contributed by atoms with van der Waals surface area (Å²) in [5, 5.41) is 5.11. The molecule has 2 amide bonds. The number of nitrogens with one attached hydrogen (secondary N) is 2. The highest BCUT2D eigenvalue weighted by Crippen LogP contribution is 2.28. The van der Waals surface area contributed by atoms with Crippen molar-refractivity contribution in [3.63, 3.8) is 0 Å². The predicted molar refractivity (Wildman–Crippen MR) is 108 cm³/mol. The Hall–Kier alpha value is -3.55. The number of ether oxygens (including phenoxy) is 3. The highest BCUT2D eigenvalue weighted by molar-refractivity contribution is 5.97. The van der Waals surface area contributed by atoms with Crippen molar-refractivity contribution >= 4 is 23.5 Å². The fourth-order valence-electron chi connectivity index (χ4n) is 2.44. The lowest BCUT2D eigenvalue weighted by molar-refractivity contribution is -0.119. The quantitative estimate of drug-likeness (QED) is 0.628. The number of esters is 1. The minimum absolute atomic E-state index is 0.224. The van der Waals surface area contributed by atoms with E-state index >= 15 is 0 Å². The molecule has 0 fully saturated rings. The van der Waals surface area contributed by atoms with E-state index in [2.05, 4.69) is 10.6 Å². The van der Waals surface area contributed by atoms with Crippen LogP contribution in [0.4, 0.5) is 5.69 Å². The first-order valence-electron chi connectivity index (χ1n) is 9.17. The lowest BCUT2D eigenvalue weighted by Crippen LogP contribution is -2.21. The zero-order valence-corrected chi connectivity index (χ0v) is 16.6. The van der Waals surface area contributed by atoms with E-state index in [9.17, 15) is 14.4 Å². The van der Waals surface area contributed by atoms with E-state index in [4.69, 9.17) is 14.2 Å². The van der Waals surface area contributed by atoms with Crippen LogP contribution in [0.5, 0.6) is 11.5 Å². The van der Waals surface area contributed by atoms with E-state index in [1.165, 1.54) is 13.1 Å². The van der Waals surface area contributed by atoms with Crippen LogP contribution >= 0.6 is 0 Å². The number of hydrogen-bond acceptors (Lipinski definition) is 6. The van der Waals surface area contributed by atoms with Crippen LogP contribution in [-0.4, -0.2) is 44.7 Å². The molecule has 0 aliphatic carbocycles. The molecule has 2 N–H and O–H groups in total. The minimum atomic E-state index is -0.654. The van der Waals surface area contributed by atoms with Crippen molar-refractivity contribution in [2.75, 3.05) is 32.2 Å². The van der Waals surface area contributed by atoms with Gasteiger partial charge in [0.1, 0.15) is 0 Å². The van der Waals surface area contributed by atoms with E-state index in [0.29, 0.717) is 36.0 Å². The van der Waals surface area contributed by atoms with E-state index in [1.54, 1.807) is 36.4 Å². The molecule has 8 nitrogen and oxygen atoms in total. The number of rotatable bonds is 9. The molecule has 0 bridgehead atoms. The van der Waals surface area contributed by atoms with Crippen molar-refractivity contribution in [1.29, 1.82) is 0 Å². The number of benzene rings is 2. The van der Waals surface area contributed by atoms with Crippen molar-refractivity contribution < 1.29 is 28.6 Å². The molecule has 0 aromatic heterocycles. The van der Waals surface area contributed by atoms with E-state index in [0.717, 1.165) is 0 Å². The molecule has 2 aromatic carbocycles. The van der Waals surface area contributed by atoms with Gasteiger partial charge in [-0.1, -0.05) is 0 Å². The number of anilines is 1. The summed E-state index contributed by atoms with van der Waals surface area (Å²) >= 11 is 0. The number of carbonyl (C=O) groups is 3. The molecule has 29 heavy (non-hydrogen) atoms. The van der Waals surface area contributed by atoms with Gasteiger partial charge in [-0.3, -0.25) is 9.59 Å². The van der Waals surface area contributed by atoms with Crippen LogP contribution in [0.25, 0.3) is 0 Å². The lowest BCUT2D eigenvalue weighted by Gasteiger charge is -2.12. The summed E-state index contributed by atoms with van der Waals surface area (Å²) < 4.78 is 16.0. The number of hydrogen-bond donors (Lipinski definition) is 2. The Balaban J connectivity index is 1.93. The SMILES string of the molecule is CCOc1ccc(C(=O)OCC(=O)Nc2ccc(C(=O)NC)cc2)cc1OCC. The van der Waals surface area contributed by atoms with Crippen LogP contribution in [0, 0.1) is 0 Å². The number of carbonyl (C=O) groups excluding carboxylic acids is 3. The minimum Gasteiger partial charge on any atom is -0.490 e. The van der Waals surface area contributed by atoms with Crippen molar-refractivity contribution in [3.05, 3.63) is 53.6 Å². The summed E-state index contributed by atoms with van der Waals surface area (Å²) in [5.41, 5.74) is 1.20. The fraction of sp³-hybridized carbons (Fsp3) is 0.286. The van der Waals surface area contributed by atoms with Gasteiger partial charge in [0.15, 0.2) is 18.1 Å². The van der Waals surface area contributed by atoms with Gasteiger partial charge >= 0.3 is 5.97 Å². The van der Waals surface area contributed by atoms with Crippen LogP contribution in [0.15, 0.2) is 42.5 Å². The van der Waals surface area contributed by atoms with Gasteiger partial charge in [-0.15, -0.1) is 0 Å². The maximum absolute atomic E-state index is 12.2. The van der Waals surface area contributed by atoms with Crippen LogP contribution in [-0.2, 0) is 9.53 Å². The van der Waals surface area contributed by atoms with Gasteiger partial charge < -0.3 is 24.8 Å². The largest absolute Gasteiger partial charge is 0.490 e. The normalized spacial score (nSPS) is 10.0. The Labute approximate surface area is 169 Å². The topological polar surface area (TPSA) is 103 Å². The molecule has 0 spiro atoms. The first kappa shape index (κ1) is 21.7. The maximum atomic E-state index is 12.2. The Bertz CT molecular complexity index is 864. The molecule has 0 aliphatic heterocycles. The second kappa shape index (κ2) is 10.7. The zero-order chi connectivity index (χ0) is 21.2. The average molecular weight is 400 g/mol. The molecular formula is C21H24N2O6. The summed E-state index contributed by atoms with van der Waals surface area (Å²) in [6.45, 7) is 4.11. The highest BCUT2D eigenvalue weighted by atomic mass is 16.5. The third-order valence-corrected chi connectivity index (χ3v) is 3.77. The van der Waals surface area contributed by atoms with Crippen molar-refractivity contribution in [3.8, 4) is 11.5 Å². The van der Waals surface area contributed by atoms with E-state index in [1.807, 2.05) is 13.8 Å². The van der Waals surface area contributed by atoms with Gasteiger partial charge in [0.2, 0.25) is 0 Å². The fourth-order valence-corrected chi connectivity index (χ4v) is 2.44. The van der Waals surface area contributed by atoms with Gasteiger partial charge in [0, 0.05) is 18.3 Å². The second-order valence-electron chi connectivity index (χ2n) is 5.81. The summed E-state index contributed by atoms with van der Waals surface area (Å²) in [6.07, 6.45) is 0. The molecule has 0 heterocycles. The summed E-state index contributed by atoms with van der Waals surface area (Å²) in [4.78, 5) is 35.8. The Morgan fingerprint density at radius 1 is 0.862 bits per heavy atom. The smallest absolute Gasteiger partial charge is 0.338 e. The standard InChI is InChI=1S/C21H24N2O6/c1-4-27-17-11-8-15(12-18(17)28-5-2)21(26)29-13-19(24)23-16-9-6-14(7-10-16)20(25)22-3/h6-12H,4-5,13H2,1-3H3,(H,22,25)(H,23,24). The van der Waals surface area contributed by atoms with E-state index < -0.39 is 18.5 Å². The first-order chi connectivity index (χ1) is 14.0. The molecule has 2 aromatic rings. The van der Waals surface area contributed by atoms with Crippen molar-refractivity contribution in [2.45, 2.75) is 13.8 Å². The van der Waals surface area contributed by atoms with Gasteiger partial charge in [0.25, 0.3) is 11.8 Å². The molecular weight excluding hydrogens is 376 g/mol. The van der Waals surface area contributed by atoms with Crippen molar-refractivity contribution in [2.24, 2.45) is 0 Å². The third kappa shape index (κ3) is 6.24. The molecule has 0 saturated heterocycles. The number of amides is 2. The van der Waals surface area contributed by atoms with Crippen LogP contribution in [0.3, 0.4) is 0 Å². The third-order valence-electron chi connectivity index (χ3n) is 3.77. The van der Waals surface area contributed by atoms with Gasteiger partial charge in [0.05, 0.1) is 18.8 Å². The second-order valence-corrected chi connectivity index (χ2v) is 5.81. The van der Waals surface area contributed by atoms with Gasteiger partial charge in [-0.25, -0.2) is 4.79 Å². The first-order valence-corrected chi connectivity index (χ1v) is 9.17.